The Morgan fingerprint density at radius 3 is 2.19 bits per heavy atom. The van der Waals surface area contributed by atoms with Gasteiger partial charge in [-0.15, -0.1) is 0 Å². The molecule has 0 aromatic rings. The van der Waals surface area contributed by atoms with Crippen LogP contribution in [0, 0.1) is 0 Å². The first-order valence-corrected chi connectivity index (χ1v) is 12.1. The van der Waals surface area contributed by atoms with Crippen LogP contribution in [0.1, 0.15) is 54.4 Å². The Bertz CT molecular complexity index is 545. The van der Waals surface area contributed by atoms with Crippen molar-refractivity contribution >= 4 is 20.4 Å². The average molecular weight is 386 g/mol. The predicted molar refractivity (Wildman–Crippen MR) is 105 cm³/mol. The zero-order chi connectivity index (χ0) is 20.3. The van der Waals surface area contributed by atoms with Gasteiger partial charge in [0.05, 0.1) is 12.1 Å². The summed E-state index contributed by atoms with van der Waals surface area (Å²) < 4.78 is 12.1. The summed E-state index contributed by atoms with van der Waals surface area (Å²) in [5.74, 6) is -1.04. The number of piperidine rings is 1. The van der Waals surface area contributed by atoms with Crippen LogP contribution in [0.4, 0.5) is 4.79 Å². The number of amides is 1. The van der Waals surface area contributed by atoms with E-state index >= 15 is 0 Å². The van der Waals surface area contributed by atoms with Crippen LogP contribution in [-0.2, 0) is 14.0 Å². The van der Waals surface area contributed by atoms with Crippen LogP contribution in [0.2, 0.25) is 18.1 Å². The molecule has 0 aromatic heterocycles. The molecule has 0 spiro atoms. The van der Waals surface area contributed by atoms with Gasteiger partial charge < -0.3 is 14.3 Å². The van der Waals surface area contributed by atoms with Gasteiger partial charge in [0.1, 0.15) is 5.60 Å². The van der Waals surface area contributed by atoms with E-state index in [9.17, 15) is 9.59 Å². The van der Waals surface area contributed by atoms with Gasteiger partial charge in [0.15, 0.2) is 8.32 Å². The Morgan fingerprint density at radius 1 is 1.15 bits per heavy atom. The molecule has 1 rings (SSSR count). The summed E-state index contributed by atoms with van der Waals surface area (Å²) in [5, 5.41) is 9.08. The van der Waals surface area contributed by atoms with Crippen LogP contribution < -0.4 is 0 Å². The maximum Gasteiger partial charge on any atom is 0.410 e. The number of carbonyl (C=O) groups excluding carboxylic acids is 1. The van der Waals surface area contributed by atoms with E-state index in [0.717, 1.165) is 18.9 Å². The van der Waals surface area contributed by atoms with Crippen molar-refractivity contribution in [2.24, 2.45) is 0 Å². The quantitative estimate of drug-likeness (QED) is 0.573. The van der Waals surface area contributed by atoms with Gasteiger partial charge in [0, 0.05) is 12.6 Å². The Balaban J connectivity index is 3.11. The molecule has 1 aliphatic rings. The van der Waals surface area contributed by atoms with Gasteiger partial charge in [-0.25, -0.2) is 9.59 Å². The van der Waals surface area contributed by atoms with Crippen LogP contribution >= 0.6 is 0 Å². The molecule has 0 aliphatic carbocycles. The SMILES string of the molecule is CC(C)(C)OC(=O)N1CCC[C@H](O[Si](C)(C)C(C)(C)C)[C@H]1C=CC(=O)O. The molecule has 0 saturated carbocycles. The molecule has 1 heterocycles. The van der Waals surface area contributed by atoms with Gasteiger partial charge in [0.2, 0.25) is 0 Å². The molecular formula is C19H35NO5Si. The zero-order valence-electron chi connectivity index (χ0n) is 17.5. The monoisotopic (exact) mass is 385 g/mol. The first kappa shape index (κ1) is 22.7. The maximum absolute atomic E-state index is 12.7. The summed E-state index contributed by atoms with van der Waals surface area (Å²) in [6.45, 7) is 16.8. The molecule has 26 heavy (non-hydrogen) atoms. The molecule has 0 bridgehead atoms. The summed E-state index contributed by atoms with van der Waals surface area (Å²) in [7, 11) is -2.06. The highest BCUT2D eigenvalue weighted by atomic mass is 28.4. The highest BCUT2D eigenvalue weighted by molar-refractivity contribution is 6.74. The first-order valence-electron chi connectivity index (χ1n) is 9.22. The number of carbonyl (C=O) groups is 2. The van der Waals surface area contributed by atoms with Crippen LogP contribution in [0.5, 0.6) is 0 Å². The van der Waals surface area contributed by atoms with Crippen LogP contribution in [-0.4, -0.2) is 54.7 Å². The minimum absolute atomic E-state index is 0.0300. The minimum atomic E-state index is -2.06. The Kier molecular flexibility index (Phi) is 7.09. The van der Waals surface area contributed by atoms with Crippen molar-refractivity contribution in [2.75, 3.05) is 6.54 Å². The van der Waals surface area contributed by atoms with Crippen LogP contribution in [0.25, 0.3) is 0 Å². The zero-order valence-corrected chi connectivity index (χ0v) is 18.5. The second-order valence-corrected chi connectivity index (χ2v) is 14.2. The van der Waals surface area contributed by atoms with Gasteiger partial charge in [-0.3, -0.25) is 4.90 Å². The number of nitrogens with zero attached hydrogens (tertiary/aromatic N) is 1. The molecule has 1 amide bonds. The molecule has 0 aromatic carbocycles. The van der Waals surface area contributed by atoms with Crippen molar-refractivity contribution in [2.45, 2.75) is 90.3 Å². The Labute approximate surface area is 158 Å². The fraction of sp³-hybridized carbons (Fsp3) is 0.789. The third-order valence-electron chi connectivity index (χ3n) is 4.94. The summed E-state index contributed by atoms with van der Waals surface area (Å²) in [4.78, 5) is 25.3. The number of hydrogen-bond donors (Lipinski definition) is 1. The maximum atomic E-state index is 12.7. The molecular weight excluding hydrogens is 350 g/mol. The van der Waals surface area contributed by atoms with Gasteiger partial charge >= 0.3 is 12.1 Å². The molecule has 0 radical (unpaired) electrons. The fourth-order valence-electron chi connectivity index (χ4n) is 2.61. The van der Waals surface area contributed by atoms with Crippen molar-refractivity contribution in [1.29, 1.82) is 0 Å². The molecule has 1 saturated heterocycles. The molecule has 2 atom stereocenters. The van der Waals surface area contributed by atoms with Crippen molar-refractivity contribution in [3.8, 4) is 0 Å². The number of aliphatic carboxylic acids is 1. The third kappa shape index (κ3) is 6.43. The summed E-state index contributed by atoms with van der Waals surface area (Å²) in [6.07, 6.45) is 3.59. The van der Waals surface area contributed by atoms with Gasteiger partial charge in [-0.1, -0.05) is 26.8 Å². The standard InChI is InChI=1S/C19H35NO5Si/c1-18(2,3)24-17(23)20-13-9-10-15(14(20)11-12-16(21)22)25-26(7,8)19(4,5)6/h11-12,14-15H,9-10,13H2,1-8H3,(H,21,22)/t14-,15+/m1/s1. The second kappa shape index (κ2) is 8.13. The Morgan fingerprint density at radius 2 is 1.73 bits per heavy atom. The molecule has 0 unspecified atom stereocenters. The molecule has 7 heteroatoms. The topological polar surface area (TPSA) is 76.1 Å². The first-order chi connectivity index (χ1) is 11.6. The molecule has 150 valence electrons. The van der Waals surface area contributed by atoms with E-state index in [0.29, 0.717) is 6.54 Å². The predicted octanol–water partition coefficient (Wildman–Crippen LogP) is 4.42. The fourth-order valence-corrected chi connectivity index (χ4v) is 3.98. The van der Waals surface area contributed by atoms with Crippen molar-refractivity contribution < 1.29 is 23.9 Å². The average Bonchev–Trinajstić information content (AvgIpc) is 2.42. The molecule has 1 fully saturated rings. The van der Waals surface area contributed by atoms with Gasteiger partial charge in [-0.05, 0) is 51.7 Å². The lowest BCUT2D eigenvalue weighted by molar-refractivity contribution is -0.131. The smallest absolute Gasteiger partial charge is 0.410 e. The highest BCUT2D eigenvalue weighted by Gasteiger charge is 2.43. The summed E-state index contributed by atoms with van der Waals surface area (Å²) in [6, 6.07) is -0.441. The van der Waals surface area contributed by atoms with E-state index in [1.54, 1.807) is 11.0 Å². The van der Waals surface area contributed by atoms with E-state index in [4.69, 9.17) is 14.3 Å². The van der Waals surface area contributed by atoms with E-state index in [-0.39, 0.29) is 11.1 Å². The third-order valence-corrected chi connectivity index (χ3v) is 9.45. The minimum Gasteiger partial charge on any atom is -0.478 e. The van der Waals surface area contributed by atoms with E-state index in [2.05, 4.69) is 33.9 Å². The van der Waals surface area contributed by atoms with Gasteiger partial charge in [0.25, 0.3) is 0 Å². The number of hydrogen-bond acceptors (Lipinski definition) is 4. The molecule has 6 nitrogen and oxygen atoms in total. The van der Waals surface area contributed by atoms with Crippen LogP contribution in [0.15, 0.2) is 12.2 Å². The molecule has 1 aliphatic heterocycles. The largest absolute Gasteiger partial charge is 0.478 e. The highest BCUT2D eigenvalue weighted by Crippen LogP contribution is 2.39. The second-order valence-electron chi connectivity index (χ2n) is 9.42. The molecule has 1 N–H and O–H groups in total. The lowest BCUT2D eigenvalue weighted by atomic mass is 9.99. The van der Waals surface area contributed by atoms with Gasteiger partial charge in [-0.2, -0.15) is 0 Å². The normalized spacial score (nSPS) is 22.5. The Hall–Kier alpha value is -1.34. The van der Waals surface area contributed by atoms with Crippen molar-refractivity contribution in [3.05, 3.63) is 12.2 Å². The summed E-state index contributed by atoms with van der Waals surface area (Å²) >= 11 is 0. The number of carboxylic acids is 1. The number of rotatable bonds is 4. The lowest BCUT2D eigenvalue weighted by Gasteiger charge is -2.45. The van der Waals surface area contributed by atoms with Crippen LogP contribution in [0.3, 0.4) is 0 Å². The van der Waals surface area contributed by atoms with E-state index in [1.165, 1.54) is 0 Å². The number of ether oxygens (including phenoxy) is 1. The van der Waals surface area contributed by atoms with Crippen molar-refractivity contribution in [3.63, 3.8) is 0 Å². The number of likely N-dealkylation sites (tertiary alicyclic amines) is 1. The van der Waals surface area contributed by atoms with Crippen molar-refractivity contribution in [1.82, 2.24) is 4.90 Å². The van der Waals surface area contributed by atoms with E-state index < -0.39 is 32.0 Å². The van der Waals surface area contributed by atoms with E-state index in [1.807, 2.05) is 20.8 Å². The number of carboxylic acid groups (broad SMARTS) is 1. The lowest BCUT2D eigenvalue weighted by Crippen LogP contribution is -2.56. The summed E-state index contributed by atoms with van der Waals surface area (Å²) in [5.41, 5.74) is -0.606.